The summed E-state index contributed by atoms with van der Waals surface area (Å²) in [5, 5.41) is 8.61. The first-order valence-corrected chi connectivity index (χ1v) is 8.12. The van der Waals surface area contributed by atoms with Gasteiger partial charge in [0.05, 0.1) is 5.56 Å². The summed E-state index contributed by atoms with van der Waals surface area (Å²) in [5.74, 6) is -1.14. The van der Waals surface area contributed by atoms with Crippen molar-refractivity contribution in [1.29, 1.82) is 0 Å². The summed E-state index contributed by atoms with van der Waals surface area (Å²) in [6, 6.07) is 2.43. The van der Waals surface area contributed by atoms with Crippen LogP contribution in [0.2, 0.25) is 0 Å². The van der Waals surface area contributed by atoms with Crippen LogP contribution in [-0.2, 0) is 10.0 Å². The third-order valence-electron chi connectivity index (χ3n) is 4.08. The van der Waals surface area contributed by atoms with Crippen molar-refractivity contribution in [2.45, 2.75) is 29.8 Å². The second kappa shape index (κ2) is 5.70. The standard InChI is InChI=1S/C13H19N3O4S/c1-16(2)13(6-3-7-13)9-15-21(19,20)11-5-4-10(8-14-11)12(17)18/h4-5,8,15H,3,6-7,9H2,1-2H3,(H,17,18). The number of pyridine rings is 1. The maximum absolute atomic E-state index is 12.2. The second-order valence-corrected chi connectivity index (χ2v) is 7.20. The highest BCUT2D eigenvalue weighted by Crippen LogP contribution is 2.35. The Morgan fingerprint density at radius 3 is 2.48 bits per heavy atom. The van der Waals surface area contributed by atoms with E-state index in [1.807, 2.05) is 19.0 Å². The zero-order valence-electron chi connectivity index (χ0n) is 12.0. The lowest BCUT2D eigenvalue weighted by Crippen LogP contribution is -2.57. The first-order valence-electron chi connectivity index (χ1n) is 6.63. The second-order valence-electron chi connectivity index (χ2n) is 5.49. The van der Waals surface area contributed by atoms with Gasteiger partial charge in [0.1, 0.15) is 0 Å². The molecule has 0 unspecified atom stereocenters. The summed E-state index contributed by atoms with van der Waals surface area (Å²) < 4.78 is 26.9. The third-order valence-corrected chi connectivity index (χ3v) is 5.40. The number of aromatic nitrogens is 1. The average molecular weight is 313 g/mol. The summed E-state index contributed by atoms with van der Waals surface area (Å²) in [4.78, 5) is 16.5. The molecule has 2 N–H and O–H groups in total. The van der Waals surface area contributed by atoms with Crippen molar-refractivity contribution in [2.75, 3.05) is 20.6 Å². The van der Waals surface area contributed by atoms with Gasteiger partial charge in [0.2, 0.25) is 0 Å². The molecule has 0 atom stereocenters. The SMILES string of the molecule is CN(C)C1(CNS(=O)(=O)c2ccc(C(=O)O)cn2)CCC1. The molecule has 0 saturated heterocycles. The molecule has 1 aromatic rings. The van der Waals surface area contributed by atoms with Crippen LogP contribution in [0, 0.1) is 0 Å². The number of carboxylic acids is 1. The van der Waals surface area contributed by atoms with Gasteiger partial charge in [0.25, 0.3) is 10.0 Å². The molecule has 0 radical (unpaired) electrons. The van der Waals surface area contributed by atoms with E-state index >= 15 is 0 Å². The first-order chi connectivity index (χ1) is 9.77. The molecule has 1 aliphatic carbocycles. The van der Waals surface area contributed by atoms with E-state index in [0.717, 1.165) is 25.5 Å². The highest BCUT2D eigenvalue weighted by molar-refractivity contribution is 7.89. The van der Waals surface area contributed by atoms with Crippen LogP contribution in [0.1, 0.15) is 29.6 Å². The van der Waals surface area contributed by atoms with E-state index in [-0.39, 0.29) is 16.1 Å². The minimum atomic E-state index is -3.73. The highest BCUT2D eigenvalue weighted by atomic mass is 32.2. The zero-order chi connectivity index (χ0) is 15.7. The average Bonchev–Trinajstić information content (AvgIpc) is 2.37. The van der Waals surface area contributed by atoms with Crippen molar-refractivity contribution in [3.05, 3.63) is 23.9 Å². The normalized spacial score (nSPS) is 17.5. The van der Waals surface area contributed by atoms with Crippen LogP contribution in [0.15, 0.2) is 23.4 Å². The van der Waals surface area contributed by atoms with Gasteiger partial charge in [-0.15, -0.1) is 0 Å². The number of nitrogens with one attached hydrogen (secondary N) is 1. The fourth-order valence-corrected chi connectivity index (χ4v) is 3.38. The monoisotopic (exact) mass is 313 g/mol. The van der Waals surface area contributed by atoms with Gasteiger partial charge in [0, 0.05) is 18.3 Å². The van der Waals surface area contributed by atoms with Gasteiger partial charge >= 0.3 is 5.97 Å². The number of carbonyl (C=O) groups is 1. The van der Waals surface area contributed by atoms with E-state index in [1.54, 1.807) is 0 Å². The van der Waals surface area contributed by atoms with Gasteiger partial charge in [-0.3, -0.25) is 0 Å². The molecule has 1 aliphatic rings. The summed E-state index contributed by atoms with van der Waals surface area (Å²) in [7, 11) is 0.149. The van der Waals surface area contributed by atoms with Crippen molar-refractivity contribution in [3.8, 4) is 0 Å². The van der Waals surface area contributed by atoms with E-state index in [9.17, 15) is 13.2 Å². The van der Waals surface area contributed by atoms with E-state index in [4.69, 9.17) is 5.11 Å². The molecule has 0 aliphatic heterocycles. The lowest BCUT2D eigenvalue weighted by molar-refractivity contribution is 0.0656. The fraction of sp³-hybridized carbons (Fsp3) is 0.538. The minimum absolute atomic E-state index is 0.0438. The van der Waals surface area contributed by atoms with Crippen LogP contribution in [-0.4, -0.2) is 55.6 Å². The largest absolute Gasteiger partial charge is 0.478 e. The summed E-state index contributed by atoms with van der Waals surface area (Å²) in [6.07, 6.45) is 4.04. The quantitative estimate of drug-likeness (QED) is 0.795. The maximum Gasteiger partial charge on any atom is 0.337 e. The van der Waals surface area contributed by atoms with E-state index in [1.165, 1.54) is 12.1 Å². The summed E-state index contributed by atoms with van der Waals surface area (Å²) >= 11 is 0. The molecule has 21 heavy (non-hydrogen) atoms. The smallest absolute Gasteiger partial charge is 0.337 e. The van der Waals surface area contributed by atoms with Gasteiger partial charge in [-0.1, -0.05) is 0 Å². The molecule has 1 heterocycles. The van der Waals surface area contributed by atoms with Crippen molar-refractivity contribution in [1.82, 2.24) is 14.6 Å². The Kier molecular flexibility index (Phi) is 4.31. The van der Waals surface area contributed by atoms with Crippen LogP contribution in [0.3, 0.4) is 0 Å². The number of sulfonamides is 1. The molecule has 1 saturated carbocycles. The lowest BCUT2D eigenvalue weighted by atomic mass is 9.76. The number of hydrogen-bond acceptors (Lipinski definition) is 5. The van der Waals surface area contributed by atoms with Crippen LogP contribution in [0.4, 0.5) is 0 Å². The molecule has 0 amide bonds. The molecule has 2 rings (SSSR count). The van der Waals surface area contributed by atoms with E-state index in [2.05, 4.69) is 9.71 Å². The number of aromatic carboxylic acids is 1. The molecule has 7 nitrogen and oxygen atoms in total. The number of likely N-dealkylation sites (N-methyl/N-ethyl adjacent to an activating group) is 1. The Bertz CT molecular complexity index is 621. The molecule has 0 spiro atoms. The maximum atomic E-state index is 12.2. The van der Waals surface area contributed by atoms with Crippen molar-refractivity contribution < 1.29 is 18.3 Å². The lowest BCUT2D eigenvalue weighted by Gasteiger charge is -2.47. The van der Waals surface area contributed by atoms with Gasteiger partial charge in [-0.05, 0) is 45.5 Å². The van der Waals surface area contributed by atoms with E-state index < -0.39 is 16.0 Å². The van der Waals surface area contributed by atoms with Gasteiger partial charge in [-0.2, -0.15) is 0 Å². The van der Waals surface area contributed by atoms with Crippen LogP contribution in [0.5, 0.6) is 0 Å². The van der Waals surface area contributed by atoms with Crippen LogP contribution >= 0.6 is 0 Å². The fourth-order valence-electron chi connectivity index (χ4n) is 2.34. The third kappa shape index (κ3) is 3.22. The van der Waals surface area contributed by atoms with E-state index in [0.29, 0.717) is 6.54 Å². The topological polar surface area (TPSA) is 99.6 Å². The first kappa shape index (κ1) is 15.9. The Morgan fingerprint density at radius 2 is 2.10 bits per heavy atom. The number of carboxylic acid groups (broad SMARTS) is 1. The van der Waals surface area contributed by atoms with Crippen LogP contribution in [0.25, 0.3) is 0 Å². The zero-order valence-corrected chi connectivity index (χ0v) is 12.9. The predicted molar refractivity (Wildman–Crippen MR) is 76.7 cm³/mol. The van der Waals surface area contributed by atoms with Crippen molar-refractivity contribution in [2.24, 2.45) is 0 Å². The Hall–Kier alpha value is -1.51. The number of nitrogens with zero attached hydrogens (tertiary/aromatic N) is 2. The molecule has 8 heteroatoms. The Balaban J connectivity index is 2.10. The van der Waals surface area contributed by atoms with Crippen LogP contribution < -0.4 is 4.72 Å². The van der Waals surface area contributed by atoms with Gasteiger partial charge < -0.3 is 10.0 Å². The van der Waals surface area contributed by atoms with Gasteiger partial charge in [-0.25, -0.2) is 22.9 Å². The molecule has 0 bridgehead atoms. The molecule has 1 aromatic heterocycles. The highest BCUT2D eigenvalue weighted by Gasteiger charge is 2.39. The van der Waals surface area contributed by atoms with Crippen molar-refractivity contribution >= 4 is 16.0 Å². The number of rotatable bonds is 6. The van der Waals surface area contributed by atoms with Gasteiger partial charge in [0.15, 0.2) is 5.03 Å². The summed E-state index contributed by atoms with van der Waals surface area (Å²) in [5.41, 5.74) is -0.175. The van der Waals surface area contributed by atoms with Crippen molar-refractivity contribution in [3.63, 3.8) is 0 Å². The minimum Gasteiger partial charge on any atom is -0.478 e. The Labute approximate surface area is 124 Å². The molecule has 1 fully saturated rings. The molecular formula is C13H19N3O4S. The molecule has 116 valence electrons. The molecule has 0 aromatic carbocycles. The number of hydrogen-bond donors (Lipinski definition) is 2. The molecular weight excluding hydrogens is 294 g/mol. The predicted octanol–water partition coefficient (Wildman–Crippen LogP) is 0.542. The summed E-state index contributed by atoms with van der Waals surface area (Å²) in [6.45, 7) is 0.324. The Morgan fingerprint density at radius 1 is 1.43 bits per heavy atom.